The molecule has 0 saturated carbocycles. The van der Waals surface area contributed by atoms with Crippen molar-refractivity contribution in [2.45, 2.75) is 31.2 Å². The zero-order valence-corrected chi connectivity index (χ0v) is 22.2. The average Bonchev–Trinajstić information content (AvgIpc) is 3.81. The SMILES string of the molecule is COC(=O)NC(C)C(=O)N1CC2(CC1c1ncc(-c3ccc(-c4ccc(-c5cnc[nH]5)cc4)cc3)[nH]1)OCCO2. The summed E-state index contributed by atoms with van der Waals surface area (Å²) in [6.45, 7) is 2.80. The molecule has 4 aromatic rings. The highest BCUT2D eigenvalue weighted by Gasteiger charge is 2.52. The van der Waals surface area contributed by atoms with E-state index in [9.17, 15) is 9.59 Å². The van der Waals surface area contributed by atoms with Crippen LogP contribution in [0.2, 0.25) is 0 Å². The minimum Gasteiger partial charge on any atom is -0.453 e. The molecule has 2 aromatic carbocycles. The molecule has 0 radical (unpaired) electrons. The minimum atomic E-state index is -0.882. The second kappa shape index (κ2) is 10.6. The molecule has 1 spiro atoms. The van der Waals surface area contributed by atoms with E-state index in [4.69, 9.17) is 9.47 Å². The number of rotatable bonds is 6. The van der Waals surface area contributed by atoms with E-state index in [1.165, 1.54) is 7.11 Å². The highest BCUT2D eigenvalue weighted by atomic mass is 16.7. The first kappa shape index (κ1) is 25.8. The number of nitrogens with zero attached hydrogens (tertiary/aromatic N) is 3. The van der Waals surface area contributed by atoms with Gasteiger partial charge >= 0.3 is 6.09 Å². The molecule has 40 heavy (non-hydrogen) atoms. The van der Waals surface area contributed by atoms with Crippen molar-refractivity contribution in [2.75, 3.05) is 26.9 Å². The Morgan fingerprint density at radius 1 is 1.00 bits per heavy atom. The summed E-state index contributed by atoms with van der Waals surface area (Å²) in [6, 6.07) is 15.3. The number of aromatic nitrogens is 4. The van der Waals surface area contributed by atoms with E-state index in [1.807, 2.05) is 12.1 Å². The van der Waals surface area contributed by atoms with Crippen LogP contribution in [0.5, 0.6) is 0 Å². The third-order valence-corrected chi connectivity index (χ3v) is 7.41. The van der Waals surface area contributed by atoms with Crippen molar-refractivity contribution in [2.24, 2.45) is 0 Å². The van der Waals surface area contributed by atoms with Crippen molar-refractivity contribution in [1.82, 2.24) is 30.2 Å². The first-order valence-electron chi connectivity index (χ1n) is 13.1. The monoisotopic (exact) mass is 542 g/mol. The molecule has 11 heteroatoms. The van der Waals surface area contributed by atoms with Crippen molar-refractivity contribution in [3.63, 3.8) is 0 Å². The molecule has 2 aromatic heterocycles. The van der Waals surface area contributed by atoms with Crippen LogP contribution in [-0.2, 0) is 19.0 Å². The maximum absolute atomic E-state index is 13.4. The molecule has 6 rings (SSSR count). The Morgan fingerprint density at radius 3 is 2.23 bits per heavy atom. The number of methoxy groups -OCH3 is 1. The lowest BCUT2D eigenvalue weighted by atomic mass is 10.0. The van der Waals surface area contributed by atoms with Gasteiger partial charge < -0.3 is 34.4 Å². The Morgan fingerprint density at radius 2 is 1.62 bits per heavy atom. The molecule has 2 unspecified atom stereocenters. The molecule has 206 valence electrons. The zero-order valence-electron chi connectivity index (χ0n) is 22.2. The van der Waals surface area contributed by atoms with Crippen LogP contribution in [-0.4, -0.2) is 75.5 Å². The quantitative estimate of drug-likeness (QED) is 0.336. The molecule has 2 amide bonds. The molecule has 2 aliphatic rings. The van der Waals surface area contributed by atoms with Gasteiger partial charge in [-0.25, -0.2) is 14.8 Å². The zero-order chi connectivity index (χ0) is 27.7. The summed E-state index contributed by atoms with van der Waals surface area (Å²) < 4.78 is 16.5. The second-order valence-electron chi connectivity index (χ2n) is 9.95. The minimum absolute atomic E-state index is 0.244. The average molecular weight is 543 g/mol. The molecule has 2 aliphatic heterocycles. The summed E-state index contributed by atoms with van der Waals surface area (Å²) in [7, 11) is 1.26. The molecular weight excluding hydrogens is 512 g/mol. The van der Waals surface area contributed by atoms with Gasteiger partial charge in [-0.05, 0) is 29.2 Å². The summed E-state index contributed by atoms with van der Waals surface area (Å²) in [5, 5.41) is 2.55. The van der Waals surface area contributed by atoms with Gasteiger partial charge in [0.2, 0.25) is 5.91 Å². The number of carbonyl (C=O) groups excluding carboxylic acids is 2. The fourth-order valence-electron chi connectivity index (χ4n) is 5.32. The number of imidazole rings is 2. The van der Waals surface area contributed by atoms with Gasteiger partial charge in [-0.15, -0.1) is 0 Å². The topological polar surface area (TPSA) is 134 Å². The van der Waals surface area contributed by atoms with Crippen LogP contribution >= 0.6 is 0 Å². The van der Waals surface area contributed by atoms with Gasteiger partial charge in [0.1, 0.15) is 11.9 Å². The van der Waals surface area contributed by atoms with Crippen LogP contribution in [0.25, 0.3) is 33.6 Å². The summed E-state index contributed by atoms with van der Waals surface area (Å²) in [5.41, 5.74) is 6.06. The van der Waals surface area contributed by atoms with E-state index >= 15 is 0 Å². The van der Waals surface area contributed by atoms with Crippen LogP contribution in [0.4, 0.5) is 4.79 Å². The number of H-pyrrole nitrogens is 2. The van der Waals surface area contributed by atoms with E-state index in [-0.39, 0.29) is 12.5 Å². The van der Waals surface area contributed by atoms with Crippen molar-refractivity contribution in [3.05, 3.63) is 73.1 Å². The summed E-state index contributed by atoms with van der Waals surface area (Å²) in [6.07, 6.45) is 5.00. The number of carbonyl (C=O) groups is 2. The van der Waals surface area contributed by atoms with E-state index in [2.05, 4.69) is 66.4 Å². The normalized spacial score (nSPS) is 18.6. The molecule has 0 aliphatic carbocycles. The van der Waals surface area contributed by atoms with Crippen molar-refractivity contribution < 1.29 is 23.8 Å². The molecule has 4 heterocycles. The fourth-order valence-corrected chi connectivity index (χ4v) is 5.32. The van der Waals surface area contributed by atoms with Crippen LogP contribution < -0.4 is 5.32 Å². The number of benzene rings is 2. The first-order chi connectivity index (χ1) is 19.4. The Balaban J connectivity index is 1.20. The molecule has 11 nitrogen and oxygen atoms in total. The number of hydrogen-bond acceptors (Lipinski definition) is 7. The molecule has 3 N–H and O–H groups in total. The Bertz CT molecular complexity index is 1480. The number of hydrogen-bond donors (Lipinski definition) is 3. The molecule has 2 saturated heterocycles. The lowest BCUT2D eigenvalue weighted by Gasteiger charge is -2.26. The Hall–Kier alpha value is -4.48. The van der Waals surface area contributed by atoms with Crippen LogP contribution in [0, 0.1) is 0 Å². The molecule has 0 bridgehead atoms. The van der Waals surface area contributed by atoms with Crippen molar-refractivity contribution >= 4 is 12.0 Å². The van der Waals surface area contributed by atoms with E-state index in [1.54, 1.807) is 30.5 Å². The lowest BCUT2D eigenvalue weighted by Crippen LogP contribution is -2.48. The first-order valence-corrected chi connectivity index (χ1v) is 13.1. The highest BCUT2D eigenvalue weighted by Crippen LogP contribution is 2.42. The highest BCUT2D eigenvalue weighted by molar-refractivity contribution is 5.86. The number of alkyl carbamates (subject to hydrolysis) is 1. The largest absolute Gasteiger partial charge is 0.453 e. The van der Waals surface area contributed by atoms with Crippen molar-refractivity contribution in [3.8, 4) is 33.6 Å². The third kappa shape index (κ3) is 4.96. The summed E-state index contributed by atoms with van der Waals surface area (Å²) in [4.78, 5) is 42.0. The van der Waals surface area contributed by atoms with Gasteiger partial charge in [-0.3, -0.25) is 4.79 Å². The third-order valence-electron chi connectivity index (χ3n) is 7.41. The number of nitrogens with one attached hydrogen (secondary N) is 3. The van der Waals surface area contributed by atoms with Gasteiger partial charge in [-0.1, -0.05) is 48.5 Å². The number of aromatic amines is 2. The van der Waals surface area contributed by atoms with E-state index < -0.39 is 24.0 Å². The molecule has 2 fully saturated rings. The van der Waals surface area contributed by atoms with Crippen LogP contribution in [0.15, 0.2) is 67.3 Å². The lowest BCUT2D eigenvalue weighted by molar-refractivity contribution is -0.153. The fraction of sp³-hybridized carbons (Fsp3) is 0.310. The number of likely N-dealkylation sites (tertiary alicyclic amines) is 1. The maximum Gasteiger partial charge on any atom is 0.407 e. The van der Waals surface area contributed by atoms with Gasteiger partial charge in [0.15, 0.2) is 5.79 Å². The van der Waals surface area contributed by atoms with Gasteiger partial charge in [0.05, 0.1) is 63.0 Å². The van der Waals surface area contributed by atoms with Gasteiger partial charge in [0, 0.05) is 6.42 Å². The molecule has 2 atom stereocenters. The Labute approximate surface area is 230 Å². The van der Waals surface area contributed by atoms with E-state index in [0.29, 0.717) is 25.5 Å². The predicted molar refractivity (Wildman–Crippen MR) is 146 cm³/mol. The smallest absolute Gasteiger partial charge is 0.407 e. The van der Waals surface area contributed by atoms with Crippen molar-refractivity contribution in [1.29, 1.82) is 0 Å². The second-order valence-corrected chi connectivity index (χ2v) is 9.95. The van der Waals surface area contributed by atoms with Gasteiger partial charge in [0.25, 0.3) is 0 Å². The maximum atomic E-state index is 13.4. The number of amides is 2. The van der Waals surface area contributed by atoms with Crippen LogP contribution in [0.1, 0.15) is 25.2 Å². The summed E-state index contributed by atoms with van der Waals surface area (Å²) in [5.74, 6) is -0.525. The van der Waals surface area contributed by atoms with Crippen LogP contribution in [0.3, 0.4) is 0 Å². The predicted octanol–water partition coefficient (Wildman–Crippen LogP) is 3.89. The standard InChI is InChI=1S/C29H30N6O5/c1-18(33-28(37)38-2)27(36)35-16-29(39-11-12-40-29)13-25(35)26-31-15-24(34-26)22-9-5-20(6-10-22)19-3-7-21(8-4-19)23-14-30-17-32-23/h3-10,14-15,17-18,25H,11-13,16H2,1-2H3,(H,30,32)(H,31,34)(H,33,37). The number of ether oxygens (including phenoxy) is 3. The van der Waals surface area contributed by atoms with E-state index in [0.717, 1.165) is 33.6 Å². The van der Waals surface area contributed by atoms with Gasteiger partial charge in [-0.2, -0.15) is 0 Å². The molecular formula is C29H30N6O5. The summed E-state index contributed by atoms with van der Waals surface area (Å²) >= 11 is 0. The Kier molecular flexibility index (Phi) is 6.82.